The van der Waals surface area contributed by atoms with Crippen LogP contribution in [-0.2, 0) is 35.7 Å². The predicted octanol–water partition coefficient (Wildman–Crippen LogP) is 3.86. The number of rotatable bonds is 5. The van der Waals surface area contributed by atoms with Crippen LogP contribution in [0.15, 0.2) is 35.3 Å². The summed E-state index contributed by atoms with van der Waals surface area (Å²) in [5.41, 5.74) is 1.69. The maximum absolute atomic E-state index is 15.2. The van der Waals surface area contributed by atoms with E-state index in [2.05, 4.69) is 10.3 Å². The van der Waals surface area contributed by atoms with Gasteiger partial charge in [-0.15, -0.1) is 0 Å². The van der Waals surface area contributed by atoms with Crippen molar-refractivity contribution in [2.45, 2.75) is 70.0 Å². The number of anilines is 1. The number of phosphoric acid groups is 1. The van der Waals surface area contributed by atoms with Gasteiger partial charge in [0.1, 0.15) is 11.9 Å². The van der Waals surface area contributed by atoms with Gasteiger partial charge in [-0.3, -0.25) is 22.9 Å². The quantitative estimate of drug-likeness (QED) is 0.585. The van der Waals surface area contributed by atoms with Gasteiger partial charge >= 0.3 is 19.4 Å². The first-order chi connectivity index (χ1) is 17.1. The Kier molecular flexibility index (Phi) is 6.59. The van der Waals surface area contributed by atoms with Crippen LogP contribution in [-0.4, -0.2) is 46.3 Å². The topological polar surface area (TPSA) is 118 Å². The van der Waals surface area contributed by atoms with Gasteiger partial charge in [-0.25, -0.2) is 9.36 Å². The number of carbonyl (C=O) groups excluding carboxylic acids is 1. The fraction of sp³-hybridized carbons (Fsp3) is 0.522. The van der Waals surface area contributed by atoms with E-state index < -0.39 is 56.5 Å². The molecule has 1 aromatic carbocycles. The number of halogens is 2. The fourth-order valence-corrected chi connectivity index (χ4v) is 6.18. The van der Waals surface area contributed by atoms with E-state index in [1.807, 2.05) is 12.1 Å². The first kappa shape index (κ1) is 25.2. The monoisotopic (exact) mass is 525 g/mol. The van der Waals surface area contributed by atoms with Crippen molar-refractivity contribution in [3.05, 3.63) is 57.6 Å². The highest BCUT2D eigenvalue weighted by Crippen LogP contribution is 2.60. The van der Waals surface area contributed by atoms with E-state index in [-0.39, 0.29) is 5.82 Å². The lowest BCUT2D eigenvalue weighted by Crippen LogP contribution is -2.45. The van der Waals surface area contributed by atoms with Gasteiger partial charge in [-0.2, -0.15) is 13.8 Å². The zero-order valence-corrected chi connectivity index (χ0v) is 20.6. The largest absolute Gasteiger partial charge is 0.475 e. The molecule has 4 atom stereocenters. The molecule has 1 amide bonds. The fourth-order valence-electron chi connectivity index (χ4n) is 4.60. The Morgan fingerprint density at radius 3 is 2.72 bits per heavy atom. The Labute approximate surface area is 205 Å². The Hall–Kier alpha value is -2.50. The summed E-state index contributed by atoms with van der Waals surface area (Å²) in [6.45, 7) is 2.65. The van der Waals surface area contributed by atoms with E-state index in [4.69, 9.17) is 18.3 Å². The third-order valence-electron chi connectivity index (χ3n) is 6.26. The van der Waals surface area contributed by atoms with Gasteiger partial charge in [-0.05, 0) is 68.9 Å². The summed E-state index contributed by atoms with van der Waals surface area (Å²) in [5, 5.41) is 2.53. The molecule has 2 aliphatic heterocycles. The molecule has 194 valence electrons. The number of aromatic nitrogens is 2. The van der Waals surface area contributed by atoms with Crippen molar-refractivity contribution in [2.75, 3.05) is 11.9 Å². The minimum Gasteiger partial charge on any atom is -0.343 e. The number of alkyl halides is 2. The Bertz CT molecular complexity index is 1280. The number of nitrogens with one attached hydrogen (secondary N) is 1. The summed E-state index contributed by atoms with van der Waals surface area (Å²) in [5.74, 6) is -4.30. The van der Waals surface area contributed by atoms with E-state index >= 15 is 8.78 Å². The average Bonchev–Trinajstić information content (AvgIpc) is 3.07. The highest BCUT2D eigenvalue weighted by Gasteiger charge is 2.65. The van der Waals surface area contributed by atoms with E-state index in [0.717, 1.165) is 37.4 Å². The van der Waals surface area contributed by atoms with Gasteiger partial charge in [-0.1, -0.05) is 6.07 Å². The molecule has 13 heteroatoms. The number of amides is 1. The van der Waals surface area contributed by atoms with Crippen molar-refractivity contribution < 1.29 is 36.4 Å². The smallest absolute Gasteiger partial charge is 0.343 e. The Morgan fingerprint density at radius 2 is 2.00 bits per heavy atom. The summed E-state index contributed by atoms with van der Waals surface area (Å²) in [6, 6.07) is 6.68. The highest BCUT2D eigenvalue weighted by atomic mass is 31.2. The molecule has 2 unspecified atom stereocenters. The van der Waals surface area contributed by atoms with Gasteiger partial charge in [0, 0.05) is 11.8 Å². The van der Waals surface area contributed by atoms with E-state index in [1.54, 1.807) is 19.9 Å². The molecule has 1 N–H and O–H groups in total. The minimum atomic E-state index is -4.22. The van der Waals surface area contributed by atoms with Gasteiger partial charge in [0.25, 0.3) is 5.91 Å². The van der Waals surface area contributed by atoms with Crippen molar-refractivity contribution in [1.82, 2.24) is 9.55 Å². The first-order valence-electron chi connectivity index (χ1n) is 11.7. The summed E-state index contributed by atoms with van der Waals surface area (Å²) >= 11 is 0. The van der Waals surface area contributed by atoms with Gasteiger partial charge in [0.05, 0.1) is 12.7 Å². The number of ether oxygens (including phenoxy) is 1. The maximum atomic E-state index is 15.2. The molecule has 3 heterocycles. The number of nitrogens with zero attached hydrogens (tertiary/aromatic N) is 2. The second-order valence-electron chi connectivity index (χ2n) is 9.27. The van der Waals surface area contributed by atoms with Crippen LogP contribution in [0.4, 0.5) is 14.6 Å². The standard InChI is InChI=1S/C23H26F2N3O7P/c1-13(2)34-36(31)32-12-17-19(35-36)23(24,25)21(33-17)28-10-9-18(27-22(28)30)26-20(29)16-8-7-14-5-3-4-6-15(14)11-16/h7-11,13,17,19,21H,3-6,12H2,1-2H3,(H,26,27,29,30)/t17-,19-,21?,36?/m1/s1. The molecule has 1 aromatic heterocycles. The minimum absolute atomic E-state index is 0.0906. The number of hydrogen-bond donors (Lipinski definition) is 1. The molecule has 2 saturated heterocycles. The van der Waals surface area contributed by atoms with E-state index in [9.17, 15) is 14.2 Å². The van der Waals surface area contributed by atoms with Gasteiger partial charge in [0.15, 0.2) is 6.10 Å². The lowest BCUT2D eigenvalue weighted by molar-refractivity contribution is -0.139. The Balaban J connectivity index is 1.32. The summed E-state index contributed by atoms with van der Waals surface area (Å²) in [4.78, 5) is 29.1. The lowest BCUT2D eigenvalue weighted by atomic mass is 9.90. The van der Waals surface area contributed by atoms with Crippen LogP contribution in [0.25, 0.3) is 0 Å². The average molecular weight is 525 g/mol. The second kappa shape index (κ2) is 9.42. The molecule has 2 aromatic rings. The molecule has 0 bridgehead atoms. The summed E-state index contributed by atoms with van der Waals surface area (Å²) in [7, 11) is -4.22. The molecule has 36 heavy (non-hydrogen) atoms. The van der Waals surface area contributed by atoms with E-state index in [0.29, 0.717) is 10.1 Å². The zero-order chi connectivity index (χ0) is 25.7. The summed E-state index contributed by atoms with van der Waals surface area (Å²) in [6.07, 6.45) is -0.779. The molecular weight excluding hydrogens is 499 g/mol. The van der Waals surface area contributed by atoms with Crippen LogP contribution in [0.3, 0.4) is 0 Å². The van der Waals surface area contributed by atoms with E-state index in [1.165, 1.54) is 11.6 Å². The van der Waals surface area contributed by atoms with Crippen molar-refractivity contribution in [2.24, 2.45) is 0 Å². The third-order valence-corrected chi connectivity index (χ3v) is 7.89. The van der Waals surface area contributed by atoms with Crippen LogP contribution < -0.4 is 11.0 Å². The zero-order valence-electron chi connectivity index (χ0n) is 19.7. The maximum Gasteiger partial charge on any atom is 0.475 e. The number of fused-ring (bicyclic) bond motifs is 2. The predicted molar refractivity (Wildman–Crippen MR) is 123 cm³/mol. The first-order valence-corrected chi connectivity index (χ1v) is 13.2. The van der Waals surface area contributed by atoms with Crippen LogP contribution in [0.1, 0.15) is 54.4 Å². The van der Waals surface area contributed by atoms with Crippen molar-refractivity contribution in [3.8, 4) is 0 Å². The molecule has 2 fully saturated rings. The van der Waals surface area contributed by atoms with Crippen LogP contribution in [0.2, 0.25) is 0 Å². The molecular formula is C23H26F2N3O7P. The van der Waals surface area contributed by atoms with Crippen molar-refractivity contribution >= 4 is 19.5 Å². The molecule has 0 spiro atoms. The van der Waals surface area contributed by atoms with Crippen LogP contribution >= 0.6 is 7.82 Å². The number of benzene rings is 1. The molecule has 1 aliphatic carbocycles. The van der Waals surface area contributed by atoms with Crippen molar-refractivity contribution in [3.63, 3.8) is 0 Å². The molecule has 0 saturated carbocycles. The van der Waals surface area contributed by atoms with Crippen LogP contribution in [0, 0.1) is 0 Å². The number of carbonyl (C=O) groups is 1. The number of phosphoric ester groups is 1. The van der Waals surface area contributed by atoms with Gasteiger partial charge < -0.3 is 10.1 Å². The SMILES string of the molecule is CC(C)OP1(=O)OC[C@H]2OC(n3ccc(NC(=O)c4ccc5c(c4)CCCC5)nc3=O)C(F)(F)[C@@H]2O1. The summed E-state index contributed by atoms with van der Waals surface area (Å²) < 4.78 is 64.1. The number of aryl methyl sites for hydroxylation is 2. The van der Waals surface area contributed by atoms with Crippen molar-refractivity contribution in [1.29, 1.82) is 0 Å². The molecule has 3 aliphatic rings. The lowest BCUT2D eigenvalue weighted by Gasteiger charge is -2.32. The normalized spacial score (nSPS) is 29.0. The number of hydrogen-bond acceptors (Lipinski definition) is 8. The molecule has 0 radical (unpaired) electrons. The second-order valence-corrected chi connectivity index (χ2v) is 10.8. The third kappa shape index (κ3) is 4.76. The Morgan fingerprint density at radius 1 is 1.25 bits per heavy atom. The molecule has 10 nitrogen and oxygen atoms in total. The van der Waals surface area contributed by atoms with Crippen LogP contribution in [0.5, 0.6) is 0 Å². The van der Waals surface area contributed by atoms with Gasteiger partial charge in [0.2, 0.25) is 6.23 Å². The highest BCUT2D eigenvalue weighted by molar-refractivity contribution is 7.48. The molecule has 5 rings (SSSR count).